The Morgan fingerprint density at radius 2 is 1.85 bits per heavy atom. The van der Waals surface area contributed by atoms with Crippen molar-refractivity contribution < 1.29 is 9.21 Å². The molecular formula is C21H15NO3S. The van der Waals surface area contributed by atoms with E-state index in [1.807, 2.05) is 47.2 Å². The van der Waals surface area contributed by atoms with Gasteiger partial charge in [-0.05, 0) is 30.5 Å². The highest BCUT2D eigenvalue weighted by atomic mass is 32.1. The molecule has 0 radical (unpaired) electrons. The highest BCUT2D eigenvalue weighted by molar-refractivity contribution is 7.08. The van der Waals surface area contributed by atoms with Gasteiger partial charge in [-0.2, -0.15) is 11.3 Å². The number of rotatable bonds is 3. The summed E-state index contributed by atoms with van der Waals surface area (Å²) < 4.78 is 6.07. The average molecular weight is 361 g/mol. The number of thiophene rings is 1. The average Bonchev–Trinajstić information content (AvgIpc) is 3.18. The highest BCUT2D eigenvalue weighted by Crippen LogP contribution is 2.27. The lowest BCUT2D eigenvalue weighted by Crippen LogP contribution is -2.14. The fourth-order valence-corrected chi connectivity index (χ4v) is 3.48. The van der Waals surface area contributed by atoms with Crippen LogP contribution in [0.1, 0.15) is 15.9 Å². The van der Waals surface area contributed by atoms with Crippen molar-refractivity contribution >= 4 is 33.9 Å². The van der Waals surface area contributed by atoms with E-state index in [-0.39, 0.29) is 11.3 Å². The summed E-state index contributed by atoms with van der Waals surface area (Å²) in [5, 5.41) is 6.97. The fraction of sp³-hybridized carbons (Fsp3) is 0.0476. The summed E-state index contributed by atoms with van der Waals surface area (Å²) in [6.07, 6.45) is 0. The first-order valence-electron chi connectivity index (χ1n) is 8.10. The summed E-state index contributed by atoms with van der Waals surface area (Å²) in [5.74, 6) is 0.180. The van der Waals surface area contributed by atoms with Crippen LogP contribution in [0.15, 0.2) is 74.6 Å². The van der Waals surface area contributed by atoms with E-state index in [0.29, 0.717) is 27.9 Å². The smallest absolute Gasteiger partial charge is 0.259 e. The van der Waals surface area contributed by atoms with Crippen LogP contribution in [0.5, 0.6) is 0 Å². The quantitative estimate of drug-likeness (QED) is 0.553. The van der Waals surface area contributed by atoms with Crippen LogP contribution < -0.4 is 10.7 Å². The molecule has 4 aromatic rings. The third kappa shape index (κ3) is 2.82. The number of benzene rings is 2. The molecule has 4 nitrogen and oxygen atoms in total. The van der Waals surface area contributed by atoms with Gasteiger partial charge >= 0.3 is 0 Å². The molecule has 0 unspecified atom stereocenters. The van der Waals surface area contributed by atoms with Gasteiger partial charge in [0.1, 0.15) is 5.76 Å². The SMILES string of the molecule is Cc1c(-c2ccccc2)oc2c(C(=O)Nc3ccsc3)cccc2c1=O. The Bertz CT molecular complexity index is 1150. The van der Waals surface area contributed by atoms with Gasteiger partial charge in [-0.3, -0.25) is 9.59 Å². The van der Waals surface area contributed by atoms with Crippen LogP contribution in [0.4, 0.5) is 5.69 Å². The second-order valence-electron chi connectivity index (χ2n) is 5.90. The van der Waals surface area contributed by atoms with Crippen LogP contribution in [0.3, 0.4) is 0 Å². The maximum absolute atomic E-state index is 12.8. The van der Waals surface area contributed by atoms with Crippen molar-refractivity contribution in [3.05, 3.63) is 86.7 Å². The van der Waals surface area contributed by atoms with Gasteiger partial charge in [0.25, 0.3) is 5.91 Å². The molecule has 5 heteroatoms. The van der Waals surface area contributed by atoms with E-state index >= 15 is 0 Å². The van der Waals surface area contributed by atoms with Gasteiger partial charge in [0.2, 0.25) is 0 Å². The van der Waals surface area contributed by atoms with Gasteiger partial charge in [-0.25, -0.2) is 0 Å². The summed E-state index contributed by atoms with van der Waals surface area (Å²) in [5.41, 5.74) is 2.55. The Balaban J connectivity index is 1.91. The summed E-state index contributed by atoms with van der Waals surface area (Å²) >= 11 is 1.50. The third-order valence-corrected chi connectivity index (χ3v) is 4.89. The van der Waals surface area contributed by atoms with Gasteiger partial charge in [-0.1, -0.05) is 36.4 Å². The molecule has 0 aliphatic rings. The van der Waals surface area contributed by atoms with E-state index in [0.717, 1.165) is 11.3 Å². The predicted octanol–water partition coefficient (Wildman–Crippen LogP) is 5.08. The highest BCUT2D eigenvalue weighted by Gasteiger charge is 2.18. The molecule has 128 valence electrons. The molecule has 0 bridgehead atoms. The molecule has 26 heavy (non-hydrogen) atoms. The largest absolute Gasteiger partial charge is 0.455 e. The third-order valence-electron chi connectivity index (χ3n) is 4.20. The number of anilines is 1. The van der Waals surface area contributed by atoms with Crippen molar-refractivity contribution in [1.29, 1.82) is 0 Å². The Morgan fingerprint density at radius 3 is 2.58 bits per heavy atom. The first-order valence-corrected chi connectivity index (χ1v) is 9.05. The van der Waals surface area contributed by atoms with E-state index in [9.17, 15) is 9.59 Å². The zero-order chi connectivity index (χ0) is 18.1. The van der Waals surface area contributed by atoms with E-state index in [4.69, 9.17) is 4.42 Å². The molecule has 2 aromatic heterocycles. The molecule has 2 aromatic carbocycles. The number of hydrogen-bond donors (Lipinski definition) is 1. The number of amides is 1. The van der Waals surface area contributed by atoms with E-state index in [2.05, 4.69) is 5.32 Å². The molecule has 2 heterocycles. The minimum absolute atomic E-state index is 0.129. The number of carbonyl (C=O) groups is 1. The van der Waals surface area contributed by atoms with Gasteiger partial charge in [0, 0.05) is 16.5 Å². The first kappa shape index (κ1) is 16.3. The molecule has 0 aliphatic carbocycles. The lowest BCUT2D eigenvalue weighted by Gasteiger charge is -2.10. The Hall–Kier alpha value is -3.18. The Morgan fingerprint density at radius 1 is 1.04 bits per heavy atom. The Labute approximate surface area is 153 Å². The standard InChI is InChI=1S/C21H15NO3S/c1-13-18(23)16-8-5-9-17(21(24)22-15-10-11-26-12-15)20(16)25-19(13)14-6-3-2-4-7-14/h2-12H,1H3,(H,22,24). The summed E-state index contributed by atoms with van der Waals surface area (Å²) in [6, 6.07) is 16.3. The van der Waals surface area contributed by atoms with Crippen LogP contribution in [-0.2, 0) is 0 Å². The molecular weight excluding hydrogens is 346 g/mol. The summed E-state index contributed by atoms with van der Waals surface area (Å²) in [4.78, 5) is 25.5. The van der Waals surface area contributed by atoms with Crippen LogP contribution in [0, 0.1) is 6.92 Å². The molecule has 0 fully saturated rings. The minimum atomic E-state index is -0.306. The lowest BCUT2D eigenvalue weighted by molar-refractivity contribution is 0.102. The summed E-state index contributed by atoms with van der Waals surface area (Å²) in [7, 11) is 0. The number of nitrogens with one attached hydrogen (secondary N) is 1. The van der Waals surface area contributed by atoms with Gasteiger partial charge < -0.3 is 9.73 Å². The van der Waals surface area contributed by atoms with Gasteiger partial charge in [0.15, 0.2) is 11.0 Å². The van der Waals surface area contributed by atoms with Crippen molar-refractivity contribution in [1.82, 2.24) is 0 Å². The first-order chi connectivity index (χ1) is 12.6. The molecule has 1 N–H and O–H groups in total. The number of carbonyl (C=O) groups excluding carboxylic acids is 1. The van der Waals surface area contributed by atoms with E-state index in [1.54, 1.807) is 25.1 Å². The monoisotopic (exact) mass is 361 g/mol. The number of para-hydroxylation sites is 1. The molecule has 1 amide bonds. The van der Waals surface area contributed by atoms with Crippen molar-refractivity contribution in [2.24, 2.45) is 0 Å². The maximum Gasteiger partial charge on any atom is 0.259 e. The molecule has 0 saturated carbocycles. The fourth-order valence-electron chi connectivity index (χ4n) is 2.89. The molecule has 0 spiro atoms. The Kier molecular flexibility index (Phi) is 4.14. The second-order valence-corrected chi connectivity index (χ2v) is 6.68. The van der Waals surface area contributed by atoms with Crippen molar-refractivity contribution in [2.45, 2.75) is 6.92 Å². The predicted molar refractivity (Wildman–Crippen MR) is 105 cm³/mol. The van der Waals surface area contributed by atoms with E-state index < -0.39 is 0 Å². The molecule has 0 saturated heterocycles. The second kappa shape index (κ2) is 6.61. The molecule has 0 atom stereocenters. The van der Waals surface area contributed by atoms with Crippen LogP contribution in [0.2, 0.25) is 0 Å². The zero-order valence-corrected chi connectivity index (χ0v) is 14.8. The van der Waals surface area contributed by atoms with Crippen LogP contribution in [-0.4, -0.2) is 5.91 Å². The normalized spacial score (nSPS) is 10.8. The maximum atomic E-state index is 12.8. The van der Waals surface area contributed by atoms with Crippen LogP contribution >= 0.6 is 11.3 Å². The zero-order valence-electron chi connectivity index (χ0n) is 14.0. The van der Waals surface area contributed by atoms with Crippen LogP contribution in [0.25, 0.3) is 22.3 Å². The number of fused-ring (bicyclic) bond motifs is 1. The van der Waals surface area contributed by atoms with Crippen molar-refractivity contribution in [3.63, 3.8) is 0 Å². The van der Waals surface area contributed by atoms with Gasteiger partial charge in [-0.15, -0.1) is 0 Å². The van der Waals surface area contributed by atoms with Crippen molar-refractivity contribution in [3.8, 4) is 11.3 Å². The summed E-state index contributed by atoms with van der Waals surface area (Å²) in [6.45, 7) is 1.74. The minimum Gasteiger partial charge on any atom is -0.455 e. The van der Waals surface area contributed by atoms with E-state index in [1.165, 1.54) is 11.3 Å². The molecule has 4 rings (SSSR count). The molecule has 0 aliphatic heterocycles. The lowest BCUT2D eigenvalue weighted by atomic mass is 10.0. The van der Waals surface area contributed by atoms with Gasteiger partial charge in [0.05, 0.1) is 16.6 Å². The topological polar surface area (TPSA) is 59.3 Å². The van der Waals surface area contributed by atoms with Crippen molar-refractivity contribution in [2.75, 3.05) is 5.32 Å². The number of hydrogen-bond acceptors (Lipinski definition) is 4.